The Balaban J connectivity index is 2.57. The monoisotopic (exact) mass is 202 g/mol. The van der Waals surface area contributed by atoms with Gasteiger partial charge in [-0.3, -0.25) is 0 Å². The molecule has 0 fully saturated rings. The van der Waals surface area contributed by atoms with Crippen molar-refractivity contribution >= 4 is 0 Å². The Morgan fingerprint density at radius 1 is 1.13 bits per heavy atom. The summed E-state index contributed by atoms with van der Waals surface area (Å²) >= 11 is 0. The summed E-state index contributed by atoms with van der Waals surface area (Å²) < 4.78 is 0. The number of rotatable bonds is 1. The second kappa shape index (κ2) is 3.66. The molecule has 0 amide bonds. The van der Waals surface area contributed by atoms with Gasteiger partial charge in [0.25, 0.3) is 0 Å². The van der Waals surface area contributed by atoms with Crippen molar-refractivity contribution in [3.05, 3.63) is 34.4 Å². The van der Waals surface area contributed by atoms with E-state index in [1.807, 2.05) is 0 Å². The molecule has 0 heterocycles. The van der Waals surface area contributed by atoms with Crippen molar-refractivity contribution in [1.82, 2.24) is 0 Å². The largest absolute Gasteiger partial charge is 0.0613 e. The molecule has 1 aromatic carbocycles. The molecule has 0 saturated carbocycles. The topological polar surface area (TPSA) is 0 Å². The molecule has 1 aromatic rings. The molecule has 0 atom stereocenters. The predicted octanol–water partition coefficient (Wildman–Crippen LogP) is 4.04. The van der Waals surface area contributed by atoms with E-state index in [-0.39, 0.29) is 0 Å². The summed E-state index contributed by atoms with van der Waals surface area (Å²) in [6.07, 6.45) is 5.11. The van der Waals surface area contributed by atoms with E-state index in [0.29, 0.717) is 5.41 Å². The summed E-state index contributed by atoms with van der Waals surface area (Å²) in [6.45, 7) is 9.25. The third-order valence-corrected chi connectivity index (χ3v) is 3.49. The molecule has 0 saturated heterocycles. The van der Waals surface area contributed by atoms with Crippen LogP contribution in [-0.2, 0) is 24.7 Å². The molecule has 0 N–H and O–H groups in total. The van der Waals surface area contributed by atoms with Crippen molar-refractivity contribution in [2.45, 2.75) is 58.8 Å². The van der Waals surface area contributed by atoms with E-state index < -0.39 is 0 Å². The first-order chi connectivity index (χ1) is 7.02. The number of hydrogen-bond acceptors (Lipinski definition) is 0. The summed E-state index contributed by atoms with van der Waals surface area (Å²) in [6, 6.07) is 4.86. The molecule has 0 nitrogen and oxygen atoms in total. The fourth-order valence-electron chi connectivity index (χ4n) is 2.65. The lowest BCUT2D eigenvalue weighted by Gasteiger charge is -2.24. The number of aryl methyl sites for hydroxylation is 2. The molecule has 15 heavy (non-hydrogen) atoms. The second-order valence-corrected chi connectivity index (χ2v) is 5.74. The van der Waals surface area contributed by atoms with Crippen LogP contribution in [0.15, 0.2) is 12.1 Å². The molecule has 0 radical (unpaired) electrons. The molecule has 82 valence electrons. The lowest BCUT2D eigenvalue weighted by atomic mass is 9.81. The third kappa shape index (κ3) is 1.95. The predicted molar refractivity (Wildman–Crippen MR) is 66.5 cm³/mol. The van der Waals surface area contributed by atoms with E-state index in [4.69, 9.17) is 0 Å². The van der Waals surface area contributed by atoms with Crippen molar-refractivity contribution < 1.29 is 0 Å². The minimum Gasteiger partial charge on any atom is -0.0613 e. The van der Waals surface area contributed by atoms with Crippen LogP contribution in [0.25, 0.3) is 0 Å². The van der Waals surface area contributed by atoms with Gasteiger partial charge in [-0.2, -0.15) is 0 Å². The summed E-state index contributed by atoms with van der Waals surface area (Å²) in [7, 11) is 0. The van der Waals surface area contributed by atoms with E-state index in [1.54, 1.807) is 16.7 Å². The van der Waals surface area contributed by atoms with Crippen molar-refractivity contribution in [3.63, 3.8) is 0 Å². The highest BCUT2D eigenvalue weighted by Gasteiger charge is 2.23. The Labute approximate surface area is 93.7 Å². The molecule has 0 spiro atoms. The van der Waals surface area contributed by atoms with Gasteiger partial charge in [-0.25, -0.2) is 0 Å². The highest BCUT2D eigenvalue weighted by molar-refractivity contribution is 5.45. The molecule has 0 aliphatic heterocycles. The van der Waals surface area contributed by atoms with Gasteiger partial charge in [0.05, 0.1) is 0 Å². The Bertz CT molecular complexity index is 366. The Morgan fingerprint density at radius 2 is 1.87 bits per heavy atom. The standard InChI is InChI=1S/C15H22/c1-5-11-9-12-7-6-8-13(12)14(10-11)15(2,3)4/h9-10H,5-8H2,1-4H3. The molecular formula is C15H22. The molecular weight excluding hydrogens is 180 g/mol. The summed E-state index contributed by atoms with van der Waals surface area (Å²) in [5.74, 6) is 0. The minimum atomic E-state index is 0.305. The minimum absolute atomic E-state index is 0.305. The van der Waals surface area contributed by atoms with Crippen LogP contribution in [0, 0.1) is 0 Å². The van der Waals surface area contributed by atoms with Crippen LogP contribution in [0.3, 0.4) is 0 Å². The maximum atomic E-state index is 2.43. The van der Waals surface area contributed by atoms with Crippen LogP contribution in [0.5, 0.6) is 0 Å². The quantitative estimate of drug-likeness (QED) is 0.645. The van der Waals surface area contributed by atoms with Gasteiger partial charge in [0.15, 0.2) is 0 Å². The fourth-order valence-corrected chi connectivity index (χ4v) is 2.65. The van der Waals surface area contributed by atoms with Crippen molar-refractivity contribution in [1.29, 1.82) is 0 Å². The van der Waals surface area contributed by atoms with Gasteiger partial charge in [0, 0.05) is 0 Å². The number of hydrogen-bond donors (Lipinski definition) is 0. The molecule has 2 rings (SSSR count). The first kappa shape index (κ1) is 10.7. The first-order valence-electron chi connectivity index (χ1n) is 6.17. The maximum Gasteiger partial charge on any atom is -0.0129 e. The van der Waals surface area contributed by atoms with E-state index in [1.165, 1.54) is 24.8 Å². The van der Waals surface area contributed by atoms with Crippen LogP contribution < -0.4 is 0 Å². The molecule has 1 aliphatic carbocycles. The maximum absolute atomic E-state index is 2.43. The van der Waals surface area contributed by atoms with Gasteiger partial charge < -0.3 is 0 Å². The second-order valence-electron chi connectivity index (χ2n) is 5.74. The highest BCUT2D eigenvalue weighted by atomic mass is 14.3. The van der Waals surface area contributed by atoms with Gasteiger partial charge >= 0.3 is 0 Å². The van der Waals surface area contributed by atoms with Crippen LogP contribution in [0.1, 0.15) is 56.4 Å². The molecule has 1 aliphatic rings. The van der Waals surface area contributed by atoms with Gasteiger partial charge in [-0.15, -0.1) is 0 Å². The fraction of sp³-hybridized carbons (Fsp3) is 0.600. The van der Waals surface area contributed by atoms with Crippen molar-refractivity contribution in [2.24, 2.45) is 0 Å². The van der Waals surface area contributed by atoms with E-state index in [0.717, 1.165) is 6.42 Å². The lowest BCUT2D eigenvalue weighted by molar-refractivity contribution is 0.582. The normalized spacial score (nSPS) is 15.5. The highest BCUT2D eigenvalue weighted by Crippen LogP contribution is 2.34. The SMILES string of the molecule is CCc1cc2c(c(C(C)(C)C)c1)CCC2. The summed E-state index contributed by atoms with van der Waals surface area (Å²) in [4.78, 5) is 0. The van der Waals surface area contributed by atoms with Gasteiger partial charge in [-0.05, 0) is 53.4 Å². The zero-order chi connectivity index (χ0) is 11.1. The average molecular weight is 202 g/mol. The third-order valence-electron chi connectivity index (χ3n) is 3.49. The summed E-state index contributed by atoms with van der Waals surface area (Å²) in [5.41, 5.74) is 6.69. The molecule has 0 heteroatoms. The number of fused-ring (bicyclic) bond motifs is 1. The average Bonchev–Trinajstić information content (AvgIpc) is 2.61. The summed E-state index contributed by atoms with van der Waals surface area (Å²) in [5, 5.41) is 0. The van der Waals surface area contributed by atoms with Crippen LogP contribution in [0.4, 0.5) is 0 Å². The molecule has 0 unspecified atom stereocenters. The van der Waals surface area contributed by atoms with Gasteiger partial charge in [-0.1, -0.05) is 39.8 Å². The zero-order valence-corrected chi connectivity index (χ0v) is 10.5. The van der Waals surface area contributed by atoms with Crippen LogP contribution in [0.2, 0.25) is 0 Å². The van der Waals surface area contributed by atoms with Crippen LogP contribution >= 0.6 is 0 Å². The smallest absolute Gasteiger partial charge is 0.0129 e. The molecule has 0 bridgehead atoms. The zero-order valence-electron chi connectivity index (χ0n) is 10.5. The Morgan fingerprint density at radius 3 is 2.47 bits per heavy atom. The van der Waals surface area contributed by atoms with Crippen molar-refractivity contribution in [3.8, 4) is 0 Å². The van der Waals surface area contributed by atoms with E-state index in [2.05, 4.69) is 39.8 Å². The van der Waals surface area contributed by atoms with Crippen LogP contribution in [-0.4, -0.2) is 0 Å². The van der Waals surface area contributed by atoms with E-state index in [9.17, 15) is 0 Å². The van der Waals surface area contributed by atoms with Gasteiger partial charge in [0.2, 0.25) is 0 Å². The van der Waals surface area contributed by atoms with E-state index >= 15 is 0 Å². The van der Waals surface area contributed by atoms with Crippen molar-refractivity contribution in [2.75, 3.05) is 0 Å². The number of benzene rings is 1. The Hall–Kier alpha value is -0.780. The molecule has 0 aromatic heterocycles. The Kier molecular flexibility index (Phi) is 2.62. The lowest BCUT2D eigenvalue weighted by Crippen LogP contribution is -2.14. The first-order valence-corrected chi connectivity index (χ1v) is 6.17. The van der Waals surface area contributed by atoms with Gasteiger partial charge in [0.1, 0.15) is 0 Å².